The van der Waals surface area contributed by atoms with Crippen molar-refractivity contribution in [1.29, 1.82) is 0 Å². The van der Waals surface area contributed by atoms with Gasteiger partial charge in [-0.2, -0.15) is 0 Å². The summed E-state index contributed by atoms with van der Waals surface area (Å²) < 4.78 is 16.1. The van der Waals surface area contributed by atoms with Crippen molar-refractivity contribution in [1.82, 2.24) is 35.1 Å². The topological polar surface area (TPSA) is 207 Å². The van der Waals surface area contributed by atoms with Gasteiger partial charge in [-0.25, -0.2) is 34.3 Å². The minimum absolute atomic E-state index is 0. The first-order chi connectivity index (χ1) is 57.8. The smallest absolute Gasteiger partial charge is 0.410 e. The van der Waals surface area contributed by atoms with Gasteiger partial charge in [-0.15, -0.1) is 12.4 Å². The van der Waals surface area contributed by atoms with Gasteiger partial charge in [-0.1, -0.05) is 174 Å². The quantitative estimate of drug-likeness (QED) is 0.0625. The number of aliphatic hydroxyl groups is 2. The molecule has 31 heteroatoms. The van der Waals surface area contributed by atoms with Gasteiger partial charge in [0.2, 0.25) is 0 Å². The van der Waals surface area contributed by atoms with Crippen LogP contribution in [0.15, 0.2) is 218 Å². The van der Waals surface area contributed by atoms with Gasteiger partial charge in [0.25, 0.3) is 0 Å². The summed E-state index contributed by atoms with van der Waals surface area (Å²) in [4.78, 5) is 73.9. The number of carbonyl (C=O) groups is 4. The van der Waals surface area contributed by atoms with Crippen molar-refractivity contribution in [3.8, 4) is 45.0 Å². The van der Waals surface area contributed by atoms with Crippen molar-refractivity contribution in [2.24, 2.45) is 0 Å². The number of Topliss-reactive ketones (excluding diaryl/α,β-unsaturated/α-hetero) is 1. The van der Waals surface area contributed by atoms with E-state index < -0.39 is 35.5 Å². The number of carbonyl (C=O) groups excluding carboxylic acids is 4. The van der Waals surface area contributed by atoms with Crippen LogP contribution in [-0.2, 0) is 108 Å². The van der Waals surface area contributed by atoms with Crippen LogP contribution in [0.1, 0.15) is 143 Å². The van der Waals surface area contributed by atoms with Gasteiger partial charge in [-0.3, -0.25) is 9.69 Å². The number of pyridine rings is 4. The average Bonchev–Trinajstić information content (AvgIpc) is 0.778. The zero-order chi connectivity index (χ0) is 85.5. The van der Waals surface area contributed by atoms with Gasteiger partial charge < -0.3 is 34.6 Å². The minimum Gasteiger partial charge on any atom is -0.465 e. The van der Waals surface area contributed by atoms with Gasteiger partial charge in [0, 0.05) is 182 Å². The maximum Gasteiger partial charge on any atom is 0.410 e. The van der Waals surface area contributed by atoms with E-state index in [1.165, 1.54) is 31.3 Å². The normalized spacial score (nSPS) is 15.5. The van der Waals surface area contributed by atoms with Crippen LogP contribution in [0.5, 0.6) is 0 Å². The molecule has 16 nitrogen and oxygen atoms in total. The van der Waals surface area contributed by atoms with Crippen LogP contribution in [0.3, 0.4) is 0 Å². The maximum atomic E-state index is 13.8. The summed E-state index contributed by atoms with van der Waals surface area (Å²) >= 11 is 33.3. The highest BCUT2D eigenvalue weighted by Crippen LogP contribution is 2.39. The van der Waals surface area contributed by atoms with Crippen LogP contribution < -0.4 is 5.32 Å². The van der Waals surface area contributed by atoms with Crippen molar-refractivity contribution in [3.05, 3.63) is 261 Å². The Morgan fingerprint density at radius 2 is 0.785 bits per heavy atom. The lowest BCUT2D eigenvalue weighted by Crippen LogP contribution is -2.49. The Balaban J connectivity index is 0.000000164. The monoisotopic (exact) mass is 1910 g/mol. The number of aromatic nitrogens is 4. The number of para-hydroxylation sites is 4. The Labute approximate surface area is 764 Å². The van der Waals surface area contributed by atoms with Crippen LogP contribution in [0.4, 0.5) is 9.59 Å². The fourth-order valence-electron chi connectivity index (χ4n) is 14.2. The van der Waals surface area contributed by atoms with Gasteiger partial charge in [0.05, 0.1) is 75.7 Å². The number of hydrogen-bond donors (Lipinski definition) is 3. The molecule has 3 aliphatic heterocycles. The van der Waals surface area contributed by atoms with Crippen LogP contribution in [0.25, 0.3) is 88.6 Å². The molecule has 0 saturated carbocycles. The number of ether oxygens (including phenoxy) is 3. The molecule has 2 amide bonds. The number of ketones is 1. The molecule has 634 valence electrons. The molecule has 3 aliphatic rings. The van der Waals surface area contributed by atoms with E-state index in [0.717, 1.165) is 133 Å². The number of aliphatic hydroxyl groups excluding tert-OH is 2. The van der Waals surface area contributed by atoms with E-state index in [1.807, 2.05) is 230 Å². The second-order valence-corrected chi connectivity index (χ2v) is 46.1. The van der Waals surface area contributed by atoms with Crippen LogP contribution in [0, 0.1) is 0 Å². The third-order valence-corrected chi connectivity index (χ3v) is 36.3. The van der Waals surface area contributed by atoms with Gasteiger partial charge in [-0.05, 0) is 208 Å². The molecule has 3 N–H and O–H groups in total. The fraction of sp³-hybridized carbons (Fsp3) is 0.289. The number of benzene rings is 8. The molecule has 15 rings (SSSR count). The number of esters is 1. The van der Waals surface area contributed by atoms with Gasteiger partial charge >= 0.3 is 18.2 Å². The standard InChI is InChI=1S/C26H29ClN2O3.C26H27ClN2O3.C21H21ClN2O.C17H12ClNO2.ClH.S10/c2*1-26(2,3)32-25(31)29-15-7-6-10-23(29)24(30)20-16-22(17-11-13-18(27)14-12-17)28-21-9-5-4-8-19(20)21;22-15-10-8-14(9-11-15)20-13-17(16-5-1-2-6-18(16)24-20)21(25)19-7-3-4-12-23-19;1-21-17(20)14-10-16(11-6-8-12(18)9-7-11)19-15-5-3-2-4-13(14)15;;1-3-5-7-9-10-8-6-4-2/h4-5,8-9,11-14,16,23-24,30H,6-7,10,15H2,1-3H3;4-5,8-9,11-14,16,23H,6-7,10,15H2,1-3H3;1-2,5-6,8-11,13,19,21,23,25H,3-4,7,12H2;2-10H,1H3;1H;. The highest BCUT2D eigenvalue weighted by molar-refractivity contribution is 8.73. The van der Waals surface area contributed by atoms with E-state index in [2.05, 4.69) is 32.7 Å². The number of amides is 2. The minimum atomic E-state index is -0.859. The number of methoxy groups -OCH3 is 1. The third-order valence-electron chi connectivity index (χ3n) is 19.7. The summed E-state index contributed by atoms with van der Waals surface area (Å²) in [7, 11) is 14.1. The Bertz CT molecular complexity index is 6010. The highest BCUT2D eigenvalue weighted by Gasteiger charge is 2.38. The lowest BCUT2D eigenvalue weighted by Gasteiger charge is -2.39. The first-order valence-electron chi connectivity index (χ1n) is 38.7. The van der Waals surface area contributed by atoms with Crippen LogP contribution >= 0.6 is 58.8 Å². The molecular formula is C90H90Cl5N7O9S10. The summed E-state index contributed by atoms with van der Waals surface area (Å²) in [5.74, 6) is -0.451. The average molecular weight is 1910 g/mol. The molecule has 12 aromatic rings. The van der Waals surface area contributed by atoms with E-state index in [-0.39, 0.29) is 42.3 Å². The highest BCUT2D eigenvalue weighted by atomic mass is 35.5. The van der Waals surface area contributed by atoms with E-state index in [0.29, 0.717) is 68.5 Å². The Kier molecular flexibility index (Phi) is 36.9. The predicted molar refractivity (Wildman–Crippen MR) is 522 cm³/mol. The zero-order valence-corrected chi connectivity index (χ0v) is 79.1. The van der Waals surface area contributed by atoms with E-state index in [1.54, 1.807) is 93.4 Å². The van der Waals surface area contributed by atoms with Crippen molar-refractivity contribution < 1.29 is 43.6 Å². The van der Waals surface area contributed by atoms with Crippen LogP contribution in [-0.4, -0.2) is 120 Å². The molecule has 0 aliphatic carbocycles. The van der Waals surface area contributed by atoms with Crippen molar-refractivity contribution in [3.63, 3.8) is 0 Å². The lowest BCUT2D eigenvalue weighted by atomic mass is 9.90. The summed E-state index contributed by atoms with van der Waals surface area (Å²) in [5.41, 5.74) is 11.5. The molecule has 4 aromatic heterocycles. The number of piperidine rings is 3. The molecule has 0 bridgehead atoms. The zero-order valence-electron chi connectivity index (χ0n) is 67.1. The van der Waals surface area contributed by atoms with Crippen LogP contribution in [0.2, 0.25) is 20.1 Å². The second-order valence-electron chi connectivity index (χ2n) is 30.2. The molecule has 0 spiro atoms. The molecular weight excluding hydrogens is 1820 g/mol. The number of rotatable bonds is 11. The van der Waals surface area contributed by atoms with Gasteiger partial charge in [0.1, 0.15) is 17.3 Å². The summed E-state index contributed by atoms with van der Waals surface area (Å²) in [6.45, 7) is 13.1. The van der Waals surface area contributed by atoms with E-state index in [4.69, 9.17) is 75.6 Å². The Hall–Kier alpha value is -7.39. The van der Waals surface area contributed by atoms with E-state index >= 15 is 0 Å². The number of fused-ring (bicyclic) bond motifs is 4. The summed E-state index contributed by atoms with van der Waals surface area (Å²) in [5, 5.41) is 32.2. The SMILES string of the molecule is CC(C)(C)OC(=O)N1CCCCC1C(=O)c1cc(-c2ccc(Cl)cc2)nc2ccccc12.CC(C)(C)OC(=O)N1CCCCC1C(O)c1cc(-c2ccc(Cl)cc2)nc2ccccc12.COC(=O)c1cc(-c2ccc(Cl)cc2)nc2ccccc12.Cl.OC(c1cc(-c2ccc(Cl)cc2)nc2ccccc12)C1CCCCN1.S=S=S=S=S=S=S=S=S=S. The second kappa shape index (κ2) is 46.5. The van der Waals surface area contributed by atoms with E-state index in [9.17, 15) is 29.4 Å². The Morgan fingerprint density at radius 3 is 1.19 bits per heavy atom. The number of hydrogen-bond acceptors (Lipinski definition) is 16. The molecule has 121 heavy (non-hydrogen) atoms. The number of halogens is 5. The largest absolute Gasteiger partial charge is 0.465 e. The third kappa shape index (κ3) is 27.1. The molecule has 5 unspecified atom stereocenters. The molecule has 0 radical (unpaired) electrons. The summed E-state index contributed by atoms with van der Waals surface area (Å²) in [6.07, 6.45) is 6.04. The first kappa shape index (κ1) is 95.8. The molecule has 5 atom stereocenters. The van der Waals surface area contributed by atoms with Gasteiger partial charge in [0.15, 0.2) is 5.78 Å². The molecule has 3 saturated heterocycles. The first-order valence-corrected chi connectivity index (χ1v) is 52.2. The number of nitrogens with one attached hydrogen (secondary N) is 1. The van der Waals surface area contributed by atoms with Crippen molar-refractivity contribution >= 4 is 220 Å². The summed E-state index contributed by atoms with van der Waals surface area (Å²) in [6, 6.07) is 67.5. The maximum absolute atomic E-state index is 13.8. The molecule has 3 fully saturated rings. The number of nitrogens with zero attached hydrogens (tertiary/aromatic N) is 6. The van der Waals surface area contributed by atoms with Crippen molar-refractivity contribution in [2.45, 2.75) is 141 Å². The number of likely N-dealkylation sites (tertiary alicyclic amines) is 2. The molecule has 8 aromatic carbocycles. The predicted octanol–water partition coefficient (Wildman–Crippen LogP) is 22.4. The lowest BCUT2D eigenvalue weighted by molar-refractivity contribution is -0.0166. The molecule has 7 heterocycles. The fourth-order valence-corrected chi connectivity index (χ4v) is 31.2. The van der Waals surface area contributed by atoms with Crippen molar-refractivity contribution in [2.75, 3.05) is 26.7 Å². The Morgan fingerprint density at radius 1 is 0.438 bits per heavy atom.